The lowest BCUT2D eigenvalue weighted by Crippen LogP contribution is -2.30. The Labute approximate surface area is 112 Å². The van der Waals surface area contributed by atoms with Gasteiger partial charge in [-0.3, -0.25) is 9.88 Å². The number of hydrogen-bond acceptors (Lipinski definition) is 3. The number of likely N-dealkylation sites (N-methyl/N-ethyl adjacent to an activating group) is 1. The van der Waals surface area contributed by atoms with Crippen molar-refractivity contribution in [3.05, 3.63) is 53.2 Å². The van der Waals surface area contributed by atoms with Gasteiger partial charge >= 0.3 is 0 Å². The van der Waals surface area contributed by atoms with Gasteiger partial charge in [0.1, 0.15) is 5.76 Å². The van der Waals surface area contributed by atoms with Gasteiger partial charge in [-0.2, -0.15) is 0 Å². The van der Waals surface area contributed by atoms with Crippen LogP contribution in [0.5, 0.6) is 0 Å². The van der Waals surface area contributed by atoms with E-state index in [1.165, 1.54) is 0 Å². The maximum atomic E-state index is 5.76. The molecule has 3 nitrogen and oxygen atoms in total. The molecular weight excluding hydrogens is 248 g/mol. The lowest BCUT2D eigenvalue weighted by molar-refractivity contribution is 0.228. The molecule has 0 aliphatic rings. The number of halogens is 1. The summed E-state index contributed by atoms with van der Waals surface area (Å²) in [5.41, 5.74) is 1.11. The van der Waals surface area contributed by atoms with Crippen LogP contribution in [0.15, 0.2) is 40.9 Å². The molecule has 0 saturated carbocycles. The average molecular weight is 265 g/mol. The number of nitrogens with zero attached hydrogens (tertiary/aromatic N) is 2. The quantitative estimate of drug-likeness (QED) is 0.829. The first-order valence-electron chi connectivity index (χ1n) is 5.99. The third-order valence-corrected chi connectivity index (χ3v) is 3.22. The van der Waals surface area contributed by atoms with Crippen LogP contribution in [0.2, 0.25) is 5.22 Å². The molecule has 0 N–H and O–H groups in total. The summed E-state index contributed by atoms with van der Waals surface area (Å²) in [6, 6.07) is 10.1. The molecule has 2 rings (SSSR count). The second-order valence-corrected chi connectivity index (χ2v) is 4.87. The SMILES string of the molecule is CC(Cc1ccccn1)N(C)Cc1ccc(Cl)o1. The average Bonchev–Trinajstić information content (AvgIpc) is 2.76. The Kier molecular flexibility index (Phi) is 4.39. The van der Waals surface area contributed by atoms with E-state index in [4.69, 9.17) is 16.0 Å². The van der Waals surface area contributed by atoms with Crippen LogP contribution in [0.3, 0.4) is 0 Å². The number of furan rings is 1. The van der Waals surface area contributed by atoms with E-state index in [0.29, 0.717) is 11.3 Å². The van der Waals surface area contributed by atoms with E-state index in [1.807, 2.05) is 30.5 Å². The molecule has 0 aromatic carbocycles. The molecule has 96 valence electrons. The van der Waals surface area contributed by atoms with Crippen LogP contribution in [-0.2, 0) is 13.0 Å². The van der Waals surface area contributed by atoms with Gasteiger partial charge in [0.15, 0.2) is 5.22 Å². The summed E-state index contributed by atoms with van der Waals surface area (Å²) in [7, 11) is 2.07. The van der Waals surface area contributed by atoms with Gasteiger partial charge in [-0.1, -0.05) is 6.07 Å². The molecule has 0 bridgehead atoms. The van der Waals surface area contributed by atoms with Crippen molar-refractivity contribution < 1.29 is 4.42 Å². The van der Waals surface area contributed by atoms with Crippen molar-refractivity contribution in [2.75, 3.05) is 7.05 Å². The van der Waals surface area contributed by atoms with E-state index >= 15 is 0 Å². The fourth-order valence-corrected chi connectivity index (χ4v) is 1.98. The number of pyridine rings is 1. The molecule has 0 aliphatic heterocycles. The highest BCUT2D eigenvalue weighted by Gasteiger charge is 2.12. The Morgan fingerprint density at radius 3 is 2.78 bits per heavy atom. The first-order chi connectivity index (χ1) is 8.65. The van der Waals surface area contributed by atoms with Gasteiger partial charge in [-0.05, 0) is 49.8 Å². The molecule has 2 aromatic heterocycles. The molecule has 0 saturated heterocycles. The molecule has 0 spiro atoms. The van der Waals surface area contributed by atoms with Crippen molar-refractivity contribution in [2.24, 2.45) is 0 Å². The van der Waals surface area contributed by atoms with E-state index < -0.39 is 0 Å². The Morgan fingerprint density at radius 2 is 2.17 bits per heavy atom. The fraction of sp³-hybridized carbons (Fsp3) is 0.357. The zero-order valence-corrected chi connectivity index (χ0v) is 11.4. The maximum Gasteiger partial charge on any atom is 0.193 e. The van der Waals surface area contributed by atoms with E-state index in [-0.39, 0.29) is 0 Å². The maximum absolute atomic E-state index is 5.76. The van der Waals surface area contributed by atoms with E-state index in [0.717, 1.165) is 24.4 Å². The van der Waals surface area contributed by atoms with Gasteiger partial charge in [0, 0.05) is 24.4 Å². The van der Waals surface area contributed by atoms with Gasteiger partial charge in [-0.15, -0.1) is 0 Å². The minimum atomic E-state index is 0.392. The Balaban J connectivity index is 1.90. The summed E-state index contributed by atoms with van der Waals surface area (Å²) >= 11 is 5.76. The summed E-state index contributed by atoms with van der Waals surface area (Å²) in [5, 5.41) is 0.441. The molecule has 0 aliphatic carbocycles. The molecule has 1 unspecified atom stereocenters. The lowest BCUT2D eigenvalue weighted by atomic mass is 10.1. The Hall–Kier alpha value is -1.32. The van der Waals surface area contributed by atoms with Crippen molar-refractivity contribution >= 4 is 11.6 Å². The molecular formula is C14H17ClN2O. The van der Waals surface area contributed by atoms with Crippen molar-refractivity contribution in [3.8, 4) is 0 Å². The second kappa shape index (κ2) is 6.03. The van der Waals surface area contributed by atoms with Gasteiger partial charge in [0.2, 0.25) is 0 Å². The Morgan fingerprint density at radius 1 is 1.33 bits per heavy atom. The van der Waals surface area contributed by atoms with E-state index in [2.05, 4.69) is 23.9 Å². The molecule has 1 atom stereocenters. The minimum absolute atomic E-state index is 0.392. The molecule has 2 heterocycles. The molecule has 2 aromatic rings. The largest absolute Gasteiger partial charge is 0.448 e. The van der Waals surface area contributed by atoms with Gasteiger partial charge in [0.25, 0.3) is 0 Å². The van der Waals surface area contributed by atoms with Crippen molar-refractivity contribution in [1.29, 1.82) is 0 Å². The highest BCUT2D eigenvalue weighted by Crippen LogP contribution is 2.16. The first kappa shape index (κ1) is 13.1. The van der Waals surface area contributed by atoms with Crippen molar-refractivity contribution in [3.63, 3.8) is 0 Å². The summed E-state index contributed by atoms with van der Waals surface area (Å²) in [5.74, 6) is 0.885. The van der Waals surface area contributed by atoms with Crippen LogP contribution in [0.25, 0.3) is 0 Å². The van der Waals surface area contributed by atoms with Crippen molar-refractivity contribution in [1.82, 2.24) is 9.88 Å². The number of rotatable bonds is 5. The minimum Gasteiger partial charge on any atom is -0.448 e. The topological polar surface area (TPSA) is 29.3 Å². The molecule has 0 fully saturated rings. The van der Waals surface area contributed by atoms with Gasteiger partial charge in [-0.25, -0.2) is 0 Å². The smallest absolute Gasteiger partial charge is 0.193 e. The highest BCUT2D eigenvalue weighted by atomic mass is 35.5. The summed E-state index contributed by atoms with van der Waals surface area (Å²) in [6.45, 7) is 2.93. The zero-order chi connectivity index (χ0) is 13.0. The number of aromatic nitrogens is 1. The first-order valence-corrected chi connectivity index (χ1v) is 6.37. The third kappa shape index (κ3) is 3.59. The molecule has 0 amide bonds. The predicted molar refractivity (Wildman–Crippen MR) is 72.6 cm³/mol. The normalized spacial score (nSPS) is 12.9. The zero-order valence-electron chi connectivity index (χ0n) is 10.6. The Bertz CT molecular complexity index is 484. The molecule has 4 heteroatoms. The van der Waals surface area contributed by atoms with E-state index in [9.17, 15) is 0 Å². The summed E-state index contributed by atoms with van der Waals surface area (Å²) < 4.78 is 5.36. The van der Waals surface area contributed by atoms with Crippen LogP contribution in [-0.4, -0.2) is 23.0 Å². The number of hydrogen-bond donors (Lipinski definition) is 0. The fourth-order valence-electron chi connectivity index (χ4n) is 1.82. The van der Waals surface area contributed by atoms with Crippen LogP contribution in [0, 0.1) is 0 Å². The van der Waals surface area contributed by atoms with Crippen LogP contribution in [0.1, 0.15) is 18.4 Å². The van der Waals surface area contributed by atoms with Gasteiger partial charge in [0.05, 0.1) is 6.54 Å². The second-order valence-electron chi connectivity index (χ2n) is 4.50. The highest BCUT2D eigenvalue weighted by molar-refractivity contribution is 6.28. The third-order valence-electron chi connectivity index (χ3n) is 3.02. The summed E-state index contributed by atoms with van der Waals surface area (Å²) in [6.07, 6.45) is 2.75. The van der Waals surface area contributed by atoms with Crippen LogP contribution >= 0.6 is 11.6 Å². The molecule has 0 radical (unpaired) electrons. The van der Waals surface area contributed by atoms with Crippen molar-refractivity contribution in [2.45, 2.75) is 25.9 Å². The van der Waals surface area contributed by atoms with Crippen LogP contribution in [0.4, 0.5) is 0 Å². The van der Waals surface area contributed by atoms with E-state index in [1.54, 1.807) is 6.07 Å². The lowest BCUT2D eigenvalue weighted by Gasteiger charge is -2.23. The predicted octanol–water partition coefficient (Wildman–Crippen LogP) is 3.39. The molecule has 18 heavy (non-hydrogen) atoms. The monoisotopic (exact) mass is 264 g/mol. The van der Waals surface area contributed by atoms with Gasteiger partial charge < -0.3 is 4.42 Å². The standard InChI is InChI=1S/C14H17ClN2O/c1-11(9-12-5-3-4-8-16-12)17(2)10-13-6-7-14(15)18-13/h3-8,11H,9-10H2,1-2H3. The van der Waals surface area contributed by atoms with Crippen LogP contribution < -0.4 is 0 Å². The summed E-state index contributed by atoms with van der Waals surface area (Å²) in [4.78, 5) is 6.57.